The van der Waals surface area contributed by atoms with Crippen LogP contribution in [0.25, 0.3) is 124 Å². The number of nitrogens with zero attached hydrogens (tertiary/aromatic N) is 9. The first-order valence-corrected chi connectivity index (χ1v) is 23.0. The van der Waals surface area contributed by atoms with Crippen LogP contribution in [0.3, 0.4) is 0 Å². The first-order chi connectivity index (χ1) is 36.4. The molecule has 11 aromatic rings. The molecule has 0 aliphatic heterocycles. The van der Waals surface area contributed by atoms with Crippen molar-refractivity contribution in [1.82, 2.24) is 9.13 Å². The second-order valence-corrected chi connectivity index (χ2v) is 17.7. The van der Waals surface area contributed by atoms with Crippen molar-refractivity contribution in [2.45, 2.75) is 13.1 Å². The lowest BCUT2D eigenvalue weighted by Gasteiger charge is -2.21. The summed E-state index contributed by atoms with van der Waals surface area (Å²) in [7, 11) is 0. The number of alkyl halides is 3. The Morgan fingerprint density at radius 2 is 0.987 bits per heavy atom. The topological polar surface area (TPSA) is 79.2 Å². The number of hydrogen-bond donors (Lipinski definition) is 0. The monoisotopic (exact) mass is 969 g/mol. The molecular formula is C63H30F3N9. The third-order valence-corrected chi connectivity index (χ3v) is 13.6. The number of rotatable bonds is 6. The predicted octanol–water partition coefficient (Wildman–Crippen LogP) is 18.4. The number of nitriles is 2. The van der Waals surface area contributed by atoms with Crippen molar-refractivity contribution < 1.29 is 13.2 Å². The van der Waals surface area contributed by atoms with Gasteiger partial charge in [-0.1, -0.05) is 84.9 Å². The molecule has 11 rings (SSSR count). The molecule has 0 aliphatic rings. The maximum atomic E-state index is 15.0. The predicted molar refractivity (Wildman–Crippen MR) is 287 cm³/mol. The van der Waals surface area contributed by atoms with E-state index >= 15 is 13.2 Å². The van der Waals surface area contributed by atoms with E-state index in [1.807, 2.05) is 95.6 Å². The van der Waals surface area contributed by atoms with E-state index in [-0.39, 0.29) is 39.4 Å². The summed E-state index contributed by atoms with van der Waals surface area (Å²) >= 11 is 0. The van der Waals surface area contributed by atoms with Gasteiger partial charge in [0.15, 0.2) is 28.4 Å². The third-order valence-electron chi connectivity index (χ3n) is 13.6. The Bertz CT molecular complexity index is 4570. The molecule has 9 aromatic carbocycles. The van der Waals surface area contributed by atoms with Gasteiger partial charge < -0.3 is 9.13 Å². The van der Waals surface area contributed by atoms with E-state index in [2.05, 4.69) is 34.9 Å². The van der Waals surface area contributed by atoms with E-state index in [9.17, 15) is 10.5 Å². The van der Waals surface area contributed by atoms with Gasteiger partial charge in [-0.25, -0.2) is 24.2 Å². The molecule has 0 fully saturated rings. The van der Waals surface area contributed by atoms with Crippen molar-refractivity contribution in [2.75, 3.05) is 0 Å². The maximum absolute atomic E-state index is 15.0. The average molecular weight is 970 g/mol. The van der Waals surface area contributed by atoms with Crippen LogP contribution in [-0.2, 0) is 6.18 Å². The average Bonchev–Trinajstić information content (AvgIpc) is 3.96. The zero-order valence-corrected chi connectivity index (χ0v) is 39.2. The molecular weight excluding hydrogens is 940 g/mol. The van der Waals surface area contributed by atoms with Crippen LogP contribution in [0.2, 0.25) is 0 Å². The van der Waals surface area contributed by atoms with Gasteiger partial charge in [0.25, 0.3) is 0 Å². The summed E-state index contributed by atoms with van der Waals surface area (Å²) in [5.41, 5.74) is 8.37. The number of hydrogen-bond acceptors (Lipinski definition) is 2. The normalized spacial score (nSPS) is 11.1. The lowest BCUT2D eigenvalue weighted by Crippen LogP contribution is -2.08. The number of fused-ring (bicyclic) bond motifs is 6. The Balaban J connectivity index is 1.23. The Hall–Kier alpha value is -11.2. The van der Waals surface area contributed by atoms with Gasteiger partial charge in [0.1, 0.15) is 0 Å². The molecule has 9 nitrogen and oxygen atoms in total. The number of aryl methyl sites for hydroxylation is 1. The molecule has 2 heterocycles. The molecule has 348 valence electrons. The van der Waals surface area contributed by atoms with Crippen molar-refractivity contribution in [3.8, 4) is 68.0 Å². The van der Waals surface area contributed by atoms with Crippen LogP contribution in [0.15, 0.2) is 164 Å². The molecule has 2 aromatic heterocycles. The second kappa shape index (κ2) is 17.9. The molecule has 75 heavy (non-hydrogen) atoms. The van der Waals surface area contributed by atoms with Crippen molar-refractivity contribution in [3.63, 3.8) is 0 Å². The van der Waals surface area contributed by atoms with Crippen molar-refractivity contribution in [3.05, 3.63) is 243 Å². The third kappa shape index (κ3) is 7.43. The molecule has 0 amide bonds. The molecule has 0 bridgehead atoms. The fraction of sp³-hybridized carbons (Fsp3) is 0.0317. The van der Waals surface area contributed by atoms with Crippen LogP contribution in [0.5, 0.6) is 0 Å². The van der Waals surface area contributed by atoms with Gasteiger partial charge in [-0.3, -0.25) is 0 Å². The van der Waals surface area contributed by atoms with Gasteiger partial charge in [-0.15, -0.1) is 0 Å². The highest BCUT2D eigenvalue weighted by molar-refractivity contribution is 6.14. The number of aromatic nitrogens is 2. The Kier molecular flexibility index (Phi) is 11.0. The zero-order chi connectivity index (χ0) is 52.3. The molecule has 0 saturated carbocycles. The minimum absolute atomic E-state index is 0.0118. The van der Waals surface area contributed by atoms with Crippen molar-refractivity contribution in [1.29, 1.82) is 10.5 Å². The Labute approximate surface area is 427 Å². The fourth-order valence-corrected chi connectivity index (χ4v) is 10.5. The Morgan fingerprint density at radius 1 is 0.440 bits per heavy atom. The molecule has 12 heteroatoms. The van der Waals surface area contributed by atoms with E-state index < -0.39 is 11.7 Å². The SMILES string of the molecule is [C-]#[N+]c1cc(C#N)c(-c2ccc3c(c2)c2ccccc2n3-c2cc(-c3c(C)cccc3C(F)(F)F)ccc2-c2cc([N+]#[C-])ccc2-n2c3ccccc3c3cc(-c4c([N+]#[C-])cc(C#N)cc4[N+]#[C-])ccc32)c([N+]#[C-])c1. The zero-order valence-electron chi connectivity index (χ0n) is 39.2. The highest BCUT2D eigenvalue weighted by Gasteiger charge is 2.35. The first-order valence-electron chi connectivity index (χ1n) is 23.0. The van der Waals surface area contributed by atoms with E-state index in [0.29, 0.717) is 72.6 Å². The summed E-state index contributed by atoms with van der Waals surface area (Å²) in [5, 5.41) is 23.1. The van der Waals surface area contributed by atoms with Crippen molar-refractivity contribution in [2.24, 2.45) is 0 Å². The molecule has 0 radical (unpaired) electrons. The van der Waals surface area contributed by atoms with E-state index in [0.717, 1.165) is 38.6 Å². The molecule has 0 saturated heterocycles. The van der Waals surface area contributed by atoms with Crippen LogP contribution in [0, 0.1) is 62.4 Å². The fourth-order valence-electron chi connectivity index (χ4n) is 10.5. The smallest absolute Gasteiger partial charge is 0.309 e. The van der Waals surface area contributed by atoms with Gasteiger partial charge >= 0.3 is 6.18 Å². The van der Waals surface area contributed by atoms with Crippen molar-refractivity contribution >= 4 is 72.0 Å². The van der Waals surface area contributed by atoms with Gasteiger partial charge in [0.2, 0.25) is 0 Å². The molecule has 0 unspecified atom stereocenters. The van der Waals surface area contributed by atoms with Crippen LogP contribution >= 0.6 is 0 Å². The minimum Gasteiger partial charge on any atom is -0.309 e. The first kappa shape index (κ1) is 46.2. The van der Waals surface area contributed by atoms with Crippen LogP contribution < -0.4 is 0 Å². The van der Waals surface area contributed by atoms with E-state index in [1.54, 1.807) is 49.4 Å². The van der Waals surface area contributed by atoms with Crippen LogP contribution in [0.1, 0.15) is 22.3 Å². The highest BCUT2D eigenvalue weighted by Crippen LogP contribution is 2.48. The second-order valence-electron chi connectivity index (χ2n) is 17.7. The van der Waals surface area contributed by atoms with Gasteiger partial charge in [-0.05, 0) is 125 Å². The van der Waals surface area contributed by atoms with Gasteiger partial charge in [0, 0.05) is 43.8 Å². The largest absolute Gasteiger partial charge is 0.417 e. The molecule has 0 spiro atoms. The van der Waals surface area contributed by atoms with E-state index in [1.165, 1.54) is 30.3 Å². The summed E-state index contributed by atoms with van der Waals surface area (Å²) in [5.74, 6) is 0. The summed E-state index contributed by atoms with van der Waals surface area (Å²) in [6, 6.07) is 51.4. The summed E-state index contributed by atoms with van der Waals surface area (Å²) in [6.45, 7) is 41.5. The lowest BCUT2D eigenvalue weighted by atomic mass is 9.91. The summed E-state index contributed by atoms with van der Waals surface area (Å²) in [6.07, 6.45) is -4.69. The number of benzene rings is 9. The van der Waals surface area contributed by atoms with Crippen LogP contribution in [0.4, 0.5) is 41.6 Å². The number of para-hydroxylation sites is 2. The van der Waals surface area contributed by atoms with Gasteiger partial charge in [-0.2, -0.15) is 23.7 Å². The molecule has 0 aliphatic carbocycles. The number of halogens is 3. The lowest BCUT2D eigenvalue weighted by molar-refractivity contribution is -0.137. The highest BCUT2D eigenvalue weighted by atomic mass is 19.4. The molecule has 0 atom stereocenters. The van der Waals surface area contributed by atoms with Gasteiger partial charge in [0.05, 0.1) is 84.0 Å². The maximum Gasteiger partial charge on any atom is 0.417 e. The quantitative estimate of drug-likeness (QED) is 0.156. The van der Waals surface area contributed by atoms with Crippen LogP contribution in [-0.4, -0.2) is 9.13 Å². The standard InChI is InChI=1S/C63H30F3N9/c1-36-12-11-15-50(63(64,65)66)60(36)40-18-22-46(59(31-40)75-55-17-10-8-14-45(55)47-29-38(19-23-57(47)75)61-41(35-68)28-43(70-3)33-53(61)73-6)49-32-42(69-2)21-25-58(49)74-54-16-9-7-13-44(54)48-30-39(20-24-56(48)74)62-51(71-4)26-37(34-67)27-52(62)72-5/h7-33H,1H3. The Morgan fingerprint density at radius 3 is 1.56 bits per heavy atom. The minimum atomic E-state index is -4.69. The van der Waals surface area contributed by atoms with E-state index in [4.69, 9.17) is 32.9 Å². The summed E-state index contributed by atoms with van der Waals surface area (Å²) < 4.78 is 49.1. The molecule has 0 N–H and O–H groups in total. The summed E-state index contributed by atoms with van der Waals surface area (Å²) in [4.78, 5) is 18.5.